The number of ether oxygens (including phenoxy) is 3. The van der Waals surface area contributed by atoms with E-state index in [0.717, 1.165) is 15.9 Å². The summed E-state index contributed by atoms with van der Waals surface area (Å²) in [5.74, 6) is 1.94. The first-order valence-corrected chi connectivity index (χ1v) is 14.3. The van der Waals surface area contributed by atoms with Gasteiger partial charge in [-0.05, 0) is 44.0 Å². The molecule has 0 saturated carbocycles. The third-order valence-electron chi connectivity index (χ3n) is 6.66. The van der Waals surface area contributed by atoms with Gasteiger partial charge in [-0.2, -0.15) is 14.1 Å². The highest BCUT2D eigenvalue weighted by Gasteiger charge is 2.32. The maximum absolute atomic E-state index is 13.2. The van der Waals surface area contributed by atoms with Crippen LogP contribution in [0.3, 0.4) is 0 Å². The lowest BCUT2D eigenvalue weighted by molar-refractivity contribution is -0.120. The summed E-state index contributed by atoms with van der Waals surface area (Å²) in [5, 5.41) is 8.12. The summed E-state index contributed by atoms with van der Waals surface area (Å²) in [7, 11) is -2.11. The number of aromatic nitrogens is 3. The van der Waals surface area contributed by atoms with E-state index in [0.29, 0.717) is 41.0 Å². The average Bonchev–Trinajstić information content (AvgIpc) is 3.64. The molecule has 4 aromatic rings. The van der Waals surface area contributed by atoms with E-state index in [4.69, 9.17) is 14.2 Å². The molecule has 2 aromatic carbocycles. The van der Waals surface area contributed by atoms with Crippen molar-refractivity contribution in [2.45, 2.75) is 24.7 Å². The van der Waals surface area contributed by atoms with E-state index in [1.54, 1.807) is 22.9 Å². The summed E-state index contributed by atoms with van der Waals surface area (Å²) in [6.07, 6.45) is 0.835. The Labute approximate surface area is 223 Å². The SMILES string of the molecule is COc1ccc(S(=O)(=O)N2CCC(C(=O)Nc3cc(C)nn3-c3nc4cc5c(cc4s3)OCO5)CC2)cc1. The van der Waals surface area contributed by atoms with Gasteiger partial charge in [-0.1, -0.05) is 11.3 Å². The molecule has 13 heteroatoms. The second kappa shape index (κ2) is 9.57. The molecule has 1 fully saturated rings. The zero-order valence-electron chi connectivity index (χ0n) is 20.7. The summed E-state index contributed by atoms with van der Waals surface area (Å²) in [6, 6.07) is 11.8. The Morgan fingerprint density at radius 2 is 1.82 bits per heavy atom. The van der Waals surface area contributed by atoms with E-state index in [2.05, 4.69) is 15.4 Å². The van der Waals surface area contributed by atoms with E-state index in [-0.39, 0.29) is 36.6 Å². The lowest BCUT2D eigenvalue weighted by Gasteiger charge is -2.30. The van der Waals surface area contributed by atoms with Gasteiger partial charge in [-0.25, -0.2) is 13.4 Å². The topological polar surface area (TPSA) is 125 Å². The van der Waals surface area contributed by atoms with Crippen LogP contribution in [0.15, 0.2) is 47.4 Å². The van der Waals surface area contributed by atoms with Gasteiger partial charge in [0.05, 0.1) is 27.9 Å². The third-order valence-corrected chi connectivity index (χ3v) is 9.56. The summed E-state index contributed by atoms with van der Waals surface area (Å²) < 4.78 is 46.1. The number of thiazole rings is 1. The summed E-state index contributed by atoms with van der Waals surface area (Å²) in [6.45, 7) is 2.56. The number of nitrogens with one attached hydrogen (secondary N) is 1. The summed E-state index contributed by atoms with van der Waals surface area (Å²) in [4.78, 5) is 18.1. The smallest absolute Gasteiger partial charge is 0.243 e. The standard InChI is InChI=1S/C25H25N5O6S2/c1-15-11-23(30(28-15)25-26-19-12-20-21(36-14-35-20)13-22(19)37-25)27-24(31)16-7-9-29(10-8-16)38(32,33)18-5-3-17(34-2)4-6-18/h3-6,11-13,16H,7-10,14H2,1-2H3,(H,27,31). The molecule has 6 rings (SSSR count). The molecule has 1 N–H and O–H groups in total. The van der Waals surface area contributed by atoms with Gasteiger partial charge >= 0.3 is 0 Å². The van der Waals surface area contributed by atoms with Gasteiger partial charge in [0.15, 0.2) is 11.5 Å². The fourth-order valence-corrected chi connectivity index (χ4v) is 7.03. The van der Waals surface area contributed by atoms with E-state index in [1.807, 2.05) is 19.1 Å². The van der Waals surface area contributed by atoms with Crippen LogP contribution in [0, 0.1) is 12.8 Å². The largest absolute Gasteiger partial charge is 0.497 e. The Morgan fingerprint density at radius 1 is 1.11 bits per heavy atom. The van der Waals surface area contributed by atoms with Gasteiger partial charge in [0.2, 0.25) is 27.9 Å². The first-order valence-electron chi connectivity index (χ1n) is 12.0. The number of fused-ring (bicyclic) bond motifs is 2. The number of methoxy groups -OCH3 is 1. The molecule has 2 aliphatic heterocycles. The predicted molar refractivity (Wildman–Crippen MR) is 141 cm³/mol. The van der Waals surface area contributed by atoms with Gasteiger partial charge in [-0.3, -0.25) is 4.79 Å². The van der Waals surface area contributed by atoms with E-state index in [1.165, 1.54) is 34.9 Å². The number of hydrogen-bond donors (Lipinski definition) is 1. The number of carbonyl (C=O) groups excluding carboxylic acids is 1. The molecule has 38 heavy (non-hydrogen) atoms. The monoisotopic (exact) mass is 555 g/mol. The normalized spacial score (nSPS) is 16.2. The zero-order chi connectivity index (χ0) is 26.4. The summed E-state index contributed by atoms with van der Waals surface area (Å²) >= 11 is 1.43. The Bertz CT molecular complexity index is 1580. The van der Waals surface area contributed by atoms with Crippen LogP contribution in [0.2, 0.25) is 0 Å². The number of sulfonamides is 1. The highest BCUT2D eigenvalue weighted by atomic mass is 32.2. The molecule has 0 atom stereocenters. The van der Waals surface area contributed by atoms with Crippen LogP contribution >= 0.6 is 11.3 Å². The molecular formula is C25H25N5O6S2. The maximum atomic E-state index is 13.2. The van der Waals surface area contributed by atoms with Crippen LogP contribution in [0.25, 0.3) is 15.3 Å². The van der Waals surface area contributed by atoms with Gasteiger partial charge in [0, 0.05) is 37.2 Å². The lowest BCUT2D eigenvalue weighted by atomic mass is 9.97. The van der Waals surface area contributed by atoms with E-state index >= 15 is 0 Å². The maximum Gasteiger partial charge on any atom is 0.243 e. The van der Waals surface area contributed by atoms with Crippen molar-refractivity contribution in [3.05, 3.63) is 48.2 Å². The van der Waals surface area contributed by atoms with Crippen LogP contribution in [0.1, 0.15) is 18.5 Å². The van der Waals surface area contributed by atoms with Crippen LogP contribution in [-0.4, -0.2) is 60.4 Å². The highest BCUT2D eigenvalue weighted by molar-refractivity contribution is 7.89. The van der Waals surface area contributed by atoms with Crippen molar-refractivity contribution in [3.8, 4) is 22.4 Å². The second-order valence-electron chi connectivity index (χ2n) is 9.10. The van der Waals surface area contributed by atoms with Gasteiger partial charge in [-0.15, -0.1) is 0 Å². The number of rotatable bonds is 6. The van der Waals surface area contributed by atoms with Crippen LogP contribution in [0.5, 0.6) is 17.2 Å². The van der Waals surface area contributed by atoms with Gasteiger partial charge in [0.1, 0.15) is 11.6 Å². The van der Waals surface area contributed by atoms with E-state index in [9.17, 15) is 13.2 Å². The van der Waals surface area contributed by atoms with Crippen molar-refractivity contribution in [3.63, 3.8) is 0 Å². The van der Waals surface area contributed by atoms with Gasteiger partial charge in [0.25, 0.3) is 0 Å². The zero-order valence-corrected chi connectivity index (χ0v) is 22.3. The molecule has 4 heterocycles. The molecule has 0 aliphatic carbocycles. The number of anilines is 1. The van der Waals surface area contributed by atoms with Crippen molar-refractivity contribution >= 4 is 43.3 Å². The molecule has 0 spiro atoms. The number of hydrogen-bond acceptors (Lipinski definition) is 9. The Kier molecular flexibility index (Phi) is 6.20. The fourth-order valence-electron chi connectivity index (χ4n) is 4.61. The quantitative estimate of drug-likeness (QED) is 0.383. The first kappa shape index (κ1) is 24.6. The molecule has 2 aromatic heterocycles. The van der Waals surface area contributed by atoms with Crippen molar-refractivity contribution in [1.82, 2.24) is 19.1 Å². The Hall–Kier alpha value is -3.68. The molecule has 2 aliphatic rings. The van der Waals surface area contributed by atoms with Crippen molar-refractivity contribution < 1.29 is 27.4 Å². The average molecular weight is 556 g/mol. The molecule has 11 nitrogen and oxygen atoms in total. The molecule has 0 bridgehead atoms. The minimum atomic E-state index is -3.64. The number of amides is 1. The van der Waals surface area contributed by atoms with Gasteiger partial charge < -0.3 is 19.5 Å². The molecule has 0 radical (unpaired) electrons. The lowest BCUT2D eigenvalue weighted by Crippen LogP contribution is -2.41. The summed E-state index contributed by atoms with van der Waals surface area (Å²) in [5.41, 5.74) is 1.49. The van der Waals surface area contributed by atoms with Crippen molar-refractivity contribution in [1.29, 1.82) is 0 Å². The molecule has 1 saturated heterocycles. The van der Waals surface area contributed by atoms with E-state index < -0.39 is 10.0 Å². The number of nitrogens with zero attached hydrogens (tertiary/aromatic N) is 4. The molecule has 0 unspecified atom stereocenters. The molecule has 198 valence electrons. The number of benzene rings is 2. The Morgan fingerprint density at radius 3 is 2.53 bits per heavy atom. The van der Waals surface area contributed by atoms with Crippen molar-refractivity contribution in [2.75, 3.05) is 32.3 Å². The van der Waals surface area contributed by atoms with Crippen molar-refractivity contribution in [2.24, 2.45) is 5.92 Å². The number of piperidine rings is 1. The molecule has 1 amide bonds. The van der Waals surface area contributed by atoms with Crippen LogP contribution in [-0.2, 0) is 14.8 Å². The minimum absolute atomic E-state index is 0.172. The molecular weight excluding hydrogens is 530 g/mol. The Balaban J connectivity index is 1.15. The van der Waals surface area contributed by atoms with Crippen LogP contribution in [0.4, 0.5) is 5.82 Å². The minimum Gasteiger partial charge on any atom is -0.497 e. The first-order chi connectivity index (χ1) is 18.3. The van der Waals surface area contributed by atoms with Crippen LogP contribution < -0.4 is 19.5 Å². The third kappa shape index (κ3) is 4.46. The fraction of sp³-hybridized carbons (Fsp3) is 0.320. The number of aryl methyl sites for hydroxylation is 1. The predicted octanol–water partition coefficient (Wildman–Crippen LogP) is 3.57. The second-order valence-corrected chi connectivity index (χ2v) is 12.0. The number of carbonyl (C=O) groups is 1. The highest BCUT2D eigenvalue weighted by Crippen LogP contribution is 2.39.